The first-order valence-corrected chi connectivity index (χ1v) is 11.5. The Morgan fingerprint density at radius 2 is 1.67 bits per heavy atom. The van der Waals surface area contributed by atoms with Crippen molar-refractivity contribution in [3.63, 3.8) is 0 Å². The fourth-order valence-electron chi connectivity index (χ4n) is 4.48. The Bertz CT molecular complexity index is 684. The van der Waals surface area contributed by atoms with Crippen molar-refractivity contribution in [3.05, 3.63) is 23.8 Å². The van der Waals surface area contributed by atoms with Gasteiger partial charge < -0.3 is 28.8 Å². The van der Waals surface area contributed by atoms with Crippen molar-refractivity contribution >= 4 is 11.9 Å². The number of hydrogen-bond acceptors (Lipinski definition) is 8. The number of methoxy groups -OCH3 is 3. The van der Waals surface area contributed by atoms with E-state index in [0.29, 0.717) is 12.0 Å². The summed E-state index contributed by atoms with van der Waals surface area (Å²) >= 11 is 0. The molecular weight excluding hydrogens is 428 g/mol. The van der Waals surface area contributed by atoms with Crippen LogP contribution in [-0.2, 0) is 33.3 Å². The molecule has 0 amide bonds. The Balaban J connectivity index is 3.11. The van der Waals surface area contributed by atoms with E-state index >= 15 is 0 Å². The van der Waals surface area contributed by atoms with Crippen LogP contribution in [0.1, 0.15) is 48.0 Å². The van der Waals surface area contributed by atoms with Crippen LogP contribution in [0.3, 0.4) is 0 Å². The average Bonchev–Trinajstić information content (AvgIpc) is 2.79. The minimum absolute atomic E-state index is 0.104. The minimum Gasteiger partial charge on any atom is -0.466 e. The van der Waals surface area contributed by atoms with Crippen molar-refractivity contribution in [1.82, 2.24) is 0 Å². The number of rotatable bonds is 11. The molecule has 1 saturated heterocycles. The number of allylic oxidation sites excluding steroid dienone is 2. The molecule has 8 unspecified atom stereocenters. The van der Waals surface area contributed by atoms with E-state index in [1.54, 1.807) is 33.3 Å². The van der Waals surface area contributed by atoms with E-state index in [1.165, 1.54) is 14.0 Å². The first-order chi connectivity index (χ1) is 15.5. The van der Waals surface area contributed by atoms with E-state index in [2.05, 4.69) is 0 Å². The summed E-state index contributed by atoms with van der Waals surface area (Å²) in [5.41, 5.74) is 0.466. The van der Waals surface area contributed by atoms with Crippen LogP contribution in [0.5, 0.6) is 0 Å². The lowest BCUT2D eigenvalue weighted by Crippen LogP contribution is -2.54. The second-order valence-electron chi connectivity index (χ2n) is 9.00. The Labute approximate surface area is 198 Å². The van der Waals surface area contributed by atoms with Crippen LogP contribution in [0.15, 0.2) is 23.8 Å². The predicted octanol–water partition coefficient (Wildman–Crippen LogP) is 3.28. The summed E-state index contributed by atoms with van der Waals surface area (Å²) in [4.78, 5) is 23.5. The molecule has 0 aromatic heterocycles. The Kier molecular flexibility index (Phi) is 12.3. The van der Waals surface area contributed by atoms with Crippen LogP contribution in [0.4, 0.5) is 0 Å². The molecule has 33 heavy (non-hydrogen) atoms. The normalized spacial score (nSPS) is 29.1. The summed E-state index contributed by atoms with van der Waals surface area (Å²) in [6, 6.07) is 0. The predicted molar refractivity (Wildman–Crippen MR) is 124 cm³/mol. The number of aliphatic hydroxyl groups excluding tert-OH is 1. The molecule has 8 heteroatoms. The molecule has 1 fully saturated rings. The maximum absolute atomic E-state index is 11.9. The fourth-order valence-corrected chi connectivity index (χ4v) is 4.48. The molecule has 8 nitrogen and oxygen atoms in total. The van der Waals surface area contributed by atoms with Gasteiger partial charge in [-0.05, 0) is 6.92 Å². The van der Waals surface area contributed by atoms with E-state index in [4.69, 9.17) is 23.7 Å². The van der Waals surface area contributed by atoms with E-state index in [-0.39, 0.29) is 41.8 Å². The van der Waals surface area contributed by atoms with E-state index in [0.717, 1.165) is 0 Å². The zero-order chi connectivity index (χ0) is 25.3. The first-order valence-electron chi connectivity index (χ1n) is 11.5. The van der Waals surface area contributed by atoms with Gasteiger partial charge in [-0.1, -0.05) is 45.9 Å². The smallest absolute Gasteiger partial charge is 0.333 e. The molecule has 1 aliphatic rings. The fraction of sp³-hybridized carbons (Fsp3) is 0.760. The molecule has 1 N–H and O–H groups in total. The molecule has 0 spiro atoms. The highest BCUT2D eigenvalue weighted by atomic mass is 16.7. The van der Waals surface area contributed by atoms with Gasteiger partial charge in [0, 0.05) is 56.8 Å². The maximum Gasteiger partial charge on any atom is 0.333 e. The number of carbonyl (C=O) groups excluding carboxylic acids is 2. The summed E-state index contributed by atoms with van der Waals surface area (Å²) in [5.74, 6) is -1.43. The van der Waals surface area contributed by atoms with Gasteiger partial charge in [0.05, 0.1) is 25.4 Å². The molecule has 0 aliphatic carbocycles. The Morgan fingerprint density at radius 3 is 2.18 bits per heavy atom. The van der Waals surface area contributed by atoms with Gasteiger partial charge in [0.15, 0.2) is 6.29 Å². The van der Waals surface area contributed by atoms with Gasteiger partial charge in [0.2, 0.25) is 0 Å². The molecule has 1 rings (SSSR count). The topological polar surface area (TPSA) is 101 Å². The van der Waals surface area contributed by atoms with Crippen molar-refractivity contribution in [2.75, 3.05) is 21.3 Å². The molecule has 1 heterocycles. The number of ether oxygens (including phenoxy) is 5. The maximum atomic E-state index is 11.9. The van der Waals surface area contributed by atoms with Crippen LogP contribution < -0.4 is 0 Å². The van der Waals surface area contributed by atoms with Gasteiger partial charge in [-0.25, -0.2) is 4.79 Å². The number of aliphatic hydroxyl groups is 1. The van der Waals surface area contributed by atoms with Gasteiger partial charge in [0.1, 0.15) is 6.10 Å². The summed E-state index contributed by atoms with van der Waals surface area (Å²) in [5, 5.41) is 10.9. The third kappa shape index (κ3) is 8.21. The van der Waals surface area contributed by atoms with E-state index in [1.807, 2.05) is 33.8 Å². The van der Waals surface area contributed by atoms with Crippen molar-refractivity contribution in [3.8, 4) is 0 Å². The lowest BCUT2D eigenvalue weighted by molar-refractivity contribution is -0.218. The van der Waals surface area contributed by atoms with Crippen LogP contribution in [0.2, 0.25) is 0 Å². The van der Waals surface area contributed by atoms with Crippen molar-refractivity contribution in [2.24, 2.45) is 23.7 Å². The van der Waals surface area contributed by atoms with Gasteiger partial charge in [-0.15, -0.1) is 0 Å². The van der Waals surface area contributed by atoms with Gasteiger partial charge in [-0.2, -0.15) is 0 Å². The van der Waals surface area contributed by atoms with Gasteiger partial charge in [-0.3, -0.25) is 4.79 Å². The van der Waals surface area contributed by atoms with Crippen LogP contribution in [-0.4, -0.2) is 69.1 Å². The zero-order valence-electron chi connectivity index (χ0n) is 21.4. The number of carbonyl (C=O) groups is 2. The SMILES string of the molecule is COC(=O)/C(C)=C\C=C\C(C)C(OC(C)=O)C(C)C1OC(CC(OC)OC)C(C)C(O)C1C. The molecule has 0 bridgehead atoms. The lowest BCUT2D eigenvalue weighted by atomic mass is 9.75. The summed E-state index contributed by atoms with van der Waals surface area (Å²) < 4.78 is 27.6. The van der Waals surface area contributed by atoms with Crippen LogP contribution in [0.25, 0.3) is 0 Å². The first kappa shape index (κ1) is 29.3. The molecule has 0 radical (unpaired) electrons. The van der Waals surface area contributed by atoms with Gasteiger partial charge in [0.25, 0.3) is 0 Å². The van der Waals surface area contributed by atoms with Crippen LogP contribution in [0, 0.1) is 23.7 Å². The van der Waals surface area contributed by atoms with Crippen molar-refractivity contribution < 1.29 is 38.4 Å². The molecular formula is C25H42O8. The molecule has 1 aliphatic heterocycles. The molecule has 0 aromatic carbocycles. The average molecular weight is 471 g/mol. The van der Waals surface area contributed by atoms with E-state index in [9.17, 15) is 14.7 Å². The molecule has 0 saturated carbocycles. The highest BCUT2D eigenvalue weighted by Crippen LogP contribution is 2.38. The largest absolute Gasteiger partial charge is 0.466 e. The van der Waals surface area contributed by atoms with E-state index < -0.39 is 24.5 Å². The summed E-state index contributed by atoms with van der Waals surface area (Å²) in [6.45, 7) is 10.9. The van der Waals surface area contributed by atoms with Crippen molar-refractivity contribution in [2.45, 2.75) is 78.7 Å². The van der Waals surface area contributed by atoms with Gasteiger partial charge >= 0.3 is 11.9 Å². The lowest BCUT2D eigenvalue weighted by Gasteiger charge is -2.47. The number of hydrogen-bond donors (Lipinski definition) is 1. The second-order valence-corrected chi connectivity index (χ2v) is 9.00. The highest BCUT2D eigenvalue weighted by Gasteiger charge is 2.46. The Morgan fingerprint density at radius 1 is 1.06 bits per heavy atom. The van der Waals surface area contributed by atoms with Crippen LogP contribution >= 0.6 is 0 Å². The molecule has 8 atom stereocenters. The highest BCUT2D eigenvalue weighted by molar-refractivity contribution is 5.87. The van der Waals surface area contributed by atoms with Crippen molar-refractivity contribution in [1.29, 1.82) is 0 Å². The second kappa shape index (κ2) is 13.8. The quantitative estimate of drug-likeness (QED) is 0.213. The third-order valence-electron chi connectivity index (χ3n) is 6.59. The molecule has 0 aromatic rings. The molecule has 190 valence electrons. The Hall–Kier alpha value is -1.74. The standard InChI is InChI=1S/C25H42O8/c1-14(11-10-12-15(2)25(28)31-9)23(32-19(6)26)18(5)24-17(4)22(27)16(3)20(33-24)13-21(29-7)30-8/h10-12,14,16-18,20-24,27H,13H2,1-9H3/b11-10+,15-12-. The summed E-state index contributed by atoms with van der Waals surface area (Å²) in [7, 11) is 4.48. The third-order valence-corrected chi connectivity index (χ3v) is 6.59. The minimum atomic E-state index is -0.583. The monoisotopic (exact) mass is 470 g/mol. The summed E-state index contributed by atoms with van der Waals surface area (Å²) in [6.07, 6.45) is 3.65. The zero-order valence-corrected chi connectivity index (χ0v) is 21.4. The number of esters is 2.